The number of nitrogens with zero attached hydrogens (tertiary/aromatic N) is 4. The summed E-state index contributed by atoms with van der Waals surface area (Å²) < 4.78 is 35.1. The summed E-state index contributed by atoms with van der Waals surface area (Å²) in [4.78, 5) is 22.6. The highest BCUT2D eigenvalue weighted by molar-refractivity contribution is 7.98. The van der Waals surface area contributed by atoms with Crippen LogP contribution in [-0.4, -0.2) is 87.2 Å². The van der Waals surface area contributed by atoms with E-state index < -0.39 is 32.2 Å². The average molecular weight is 524 g/mol. The number of imidazole rings is 1. The summed E-state index contributed by atoms with van der Waals surface area (Å²) in [5.74, 6) is 0.443. The van der Waals surface area contributed by atoms with Crippen LogP contribution in [0.3, 0.4) is 0 Å². The number of anilines is 1. The zero-order valence-corrected chi connectivity index (χ0v) is 20.8. The van der Waals surface area contributed by atoms with Crippen molar-refractivity contribution in [2.75, 3.05) is 44.7 Å². The van der Waals surface area contributed by atoms with E-state index in [4.69, 9.17) is 30.1 Å². The molecule has 0 saturated carbocycles. The minimum absolute atomic E-state index is 0.0105. The van der Waals surface area contributed by atoms with Crippen LogP contribution in [0.1, 0.15) is 6.23 Å². The molecule has 4 unspecified atom stereocenters. The van der Waals surface area contributed by atoms with Gasteiger partial charge >= 0.3 is 7.82 Å². The third-order valence-corrected chi connectivity index (χ3v) is 6.93. The second-order valence-electron chi connectivity index (χ2n) is 7.16. The van der Waals surface area contributed by atoms with Crippen LogP contribution in [0.4, 0.5) is 5.82 Å². The van der Waals surface area contributed by atoms with E-state index in [1.54, 1.807) is 11.6 Å². The van der Waals surface area contributed by atoms with Crippen molar-refractivity contribution in [1.82, 2.24) is 19.5 Å². The second-order valence-corrected chi connectivity index (χ2v) is 9.86. The molecule has 3 rings (SSSR count). The lowest BCUT2D eigenvalue weighted by molar-refractivity contribution is -0.0462. The smallest absolute Gasteiger partial charge is 0.390 e. The molecule has 1 fully saturated rings. The first-order valence-electron chi connectivity index (χ1n) is 9.92. The molecule has 0 bridgehead atoms. The van der Waals surface area contributed by atoms with Gasteiger partial charge in [0, 0.05) is 19.9 Å². The van der Waals surface area contributed by atoms with Gasteiger partial charge in [-0.05, 0) is 17.9 Å². The van der Waals surface area contributed by atoms with Crippen LogP contribution in [0.2, 0.25) is 5.28 Å². The van der Waals surface area contributed by atoms with Crippen molar-refractivity contribution in [3.05, 3.63) is 24.3 Å². The predicted octanol–water partition coefficient (Wildman–Crippen LogP) is 2.09. The summed E-state index contributed by atoms with van der Waals surface area (Å²) in [7, 11) is -1.23. The lowest BCUT2D eigenvalue weighted by Gasteiger charge is -2.20. The fraction of sp³-hybridized carbons (Fsp3) is 0.611. The average Bonchev–Trinajstić information content (AvgIpc) is 3.34. The summed E-state index contributed by atoms with van der Waals surface area (Å²) in [6, 6.07) is 0. The fourth-order valence-electron chi connectivity index (χ4n) is 3.41. The first kappa shape index (κ1) is 26.3. The van der Waals surface area contributed by atoms with Gasteiger partial charge in [-0.3, -0.25) is 13.6 Å². The van der Waals surface area contributed by atoms with Crippen molar-refractivity contribution in [3.8, 4) is 0 Å². The van der Waals surface area contributed by atoms with Crippen molar-refractivity contribution in [3.63, 3.8) is 0 Å². The van der Waals surface area contributed by atoms with E-state index in [1.807, 2.05) is 6.26 Å². The zero-order chi connectivity index (χ0) is 24.2. The van der Waals surface area contributed by atoms with Crippen LogP contribution in [0.5, 0.6) is 0 Å². The highest BCUT2D eigenvalue weighted by Crippen LogP contribution is 2.45. The number of nitrogens with one attached hydrogen (secondary N) is 1. The largest absolute Gasteiger partial charge is 0.472 e. The van der Waals surface area contributed by atoms with Gasteiger partial charge in [-0.25, -0.2) is 9.55 Å². The summed E-state index contributed by atoms with van der Waals surface area (Å²) in [5, 5.41) is 13.7. The van der Waals surface area contributed by atoms with Gasteiger partial charge in [0.1, 0.15) is 12.3 Å². The van der Waals surface area contributed by atoms with Gasteiger partial charge in [-0.15, -0.1) is 6.58 Å². The Hall–Kier alpha value is -1.28. The number of halogens is 1. The molecular weight excluding hydrogens is 497 g/mol. The van der Waals surface area contributed by atoms with Crippen molar-refractivity contribution >= 4 is 48.2 Å². The molecule has 3 heterocycles. The molecule has 0 amide bonds. The number of hydrogen-bond acceptors (Lipinski definition) is 11. The molecule has 1 saturated heterocycles. The van der Waals surface area contributed by atoms with Crippen LogP contribution in [0, 0.1) is 5.92 Å². The highest BCUT2D eigenvalue weighted by atomic mass is 35.5. The summed E-state index contributed by atoms with van der Waals surface area (Å²) in [6.07, 6.45) is 1.77. The van der Waals surface area contributed by atoms with E-state index in [2.05, 4.69) is 26.8 Å². The van der Waals surface area contributed by atoms with Crippen LogP contribution in [0.15, 0.2) is 19.0 Å². The maximum atomic E-state index is 12.3. The zero-order valence-electron chi connectivity index (χ0n) is 18.3. The predicted molar refractivity (Wildman–Crippen MR) is 124 cm³/mol. The number of thioether (sulfide) groups is 1. The Balaban J connectivity index is 1.72. The summed E-state index contributed by atoms with van der Waals surface area (Å²) in [5.41, 5.74) is 0.856. The van der Waals surface area contributed by atoms with E-state index in [0.717, 1.165) is 0 Å². The number of phosphoric acid groups is 1. The minimum Gasteiger partial charge on any atom is -0.390 e. The minimum atomic E-state index is -4.40. The topological polar surface area (TPSA) is 150 Å². The molecule has 0 aliphatic carbocycles. The van der Waals surface area contributed by atoms with Gasteiger partial charge in [-0.1, -0.05) is 6.08 Å². The molecule has 2 aromatic heterocycles. The second kappa shape index (κ2) is 11.4. The van der Waals surface area contributed by atoms with E-state index >= 15 is 0 Å². The first-order valence-corrected chi connectivity index (χ1v) is 13.2. The van der Waals surface area contributed by atoms with Gasteiger partial charge in [0.25, 0.3) is 0 Å². The van der Waals surface area contributed by atoms with E-state index in [0.29, 0.717) is 22.7 Å². The molecule has 2 aromatic rings. The molecule has 1 aliphatic rings. The van der Waals surface area contributed by atoms with Crippen LogP contribution in [-0.2, 0) is 23.1 Å². The molecule has 12 nitrogen and oxygen atoms in total. The Bertz CT molecular complexity index is 1010. The molecule has 3 N–H and O–H groups in total. The van der Waals surface area contributed by atoms with Crippen molar-refractivity contribution in [2.24, 2.45) is 5.92 Å². The molecule has 184 valence electrons. The van der Waals surface area contributed by atoms with Gasteiger partial charge in [0.15, 0.2) is 17.0 Å². The van der Waals surface area contributed by atoms with Crippen LogP contribution in [0.25, 0.3) is 11.2 Å². The number of hydrogen-bond donors (Lipinski definition) is 3. The Kier molecular flexibility index (Phi) is 9.12. The maximum Gasteiger partial charge on any atom is 0.472 e. The number of aliphatic hydroxyl groups is 1. The Morgan fingerprint density at radius 3 is 2.88 bits per heavy atom. The number of rotatable bonds is 12. The fourth-order valence-corrected chi connectivity index (χ4v) is 4.95. The normalized spacial score (nSPS) is 25.8. The first-order chi connectivity index (χ1) is 15.7. The Morgan fingerprint density at radius 2 is 2.24 bits per heavy atom. The molecule has 33 heavy (non-hydrogen) atoms. The number of methoxy groups -OCH3 is 1. The van der Waals surface area contributed by atoms with Gasteiger partial charge in [-0.2, -0.15) is 21.7 Å². The summed E-state index contributed by atoms with van der Waals surface area (Å²) >= 11 is 7.55. The van der Waals surface area contributed by atoms with Crippen molar-refractivity contribution in [1.29, 1.82) is 0 Å². The van der Waals surface area contributed by atoms with Crippen molar-refractivity contribution < 1.29 is 33.1 Å². The lowest BCUT2D eigenvalue weighted by Crippen LogP contribution is -2.29. The number of aliphatic hydroxyl groups excluding tert-OH is 1. The standard InChI is InChI=1S/C18H27ClN5O7PS/c1-5-11-14(25)12(7-30-32(26,27)29-6-10(28-3)8-33-4)31-17(11)24-9-21-13-15(20-2)22-18(19)23-16(13)24/h5,9-12,14,17,25H,1,6-8H2,2-4H3,(H,26,27)(H,20,22,23)/t10?,11?,12-,14?,17-/m1/s1. The molecule has 15 heteroatoms. The van der Waals surface area contributed by atoms with E-state index in [9.17, 15) is 14.6 Å². The Labute approximate surface area is 200 Å². The van der Waals surface area contributed by atoms with Crippen LogP contribution < -0.4 is 5.32 Å². The van der Waals surface area contributed by atoms with E-state index in [-0.39, 0.29) is 24.6 Å². The molecule has 0 spiro atoms. The highest BCUT2D eigenvalue weighted by Gasteiger charge is 2.44. The van der Waals surface area contributed by atoms with Crippen molar-refractivity contribution in [2.45, 2.75) is 24.5 Å². The maximum absolute atomic E-state index is 12.3. The quantitative estimate of drug-likeness (QED) is 0.212. The molecule has 1 aliphatic heterocycles. The third-order valence-electron chi connectivity index (χ3n) is 5.11. The molecule has 0 radical (unpaired) electrons. The van der Waals surface area contributed by atoms with Crippen LogP contribution >= 0.6 is 31.2 Å². The molecule has 0 aromatic carbocycles. The van der Waals surface area contributed by atoms with Gasteiger partial charge in [0.2, 0.25) is 5.28 Å². The monoisotopic (exact) mass is 523 g/mol. The third kappa shape index (κ3) is 6.05. The number of fused-ring (bicyclic) bond motifs is 1. The number of aromatic nitrogens is 4. The van der Waals surface area contributed by atoms with Gasteiger partial charge in [0.05, 0.1) is 37.7 Å². The summed E-state index contributed by atoms with van der Waals surface area (Å²) in [6.45, 7) is 3.27. The lowest BCUT2D eigenvalue weighted by atomic mass is 10.00. The Morgan fingerprint density at radius 1 is 1.48 bits per heavy atom. The number of ether oxygens (including phenoxy) is 2. The number of phosphoric ester groups is 1. The SMILES string of the molecule is C=CC1C(O)[C@@H](COP(=O)(O)OCC(CSC)OC)O[C@H]1n1cnc2c(NC)nc(Cl)nc21. The van der Waals surface area contributed by atoms with Gasteiger partial charge < -0.3 is 24.8 Å². The molecule has 6 atom stereocenters. The van der Waals surface area contributed by atoms with E-state index in [1.165, 1.54) is 31.3 Å². The molecular formula is C18H27ClN5O7PS.